The molecule has 4 heterocycles. The number of urea groups is 1. The highest BCUT2D eigenvalue weighted by molar-refractivity contribution is 5.79. The first-order valence-electron chi connectivity index (χ1n) is 9.26. The molecule has 4 fully saturated rings. The second-order valence-electron chi connectivity index (χ2n) is 7.24. The summed E-state index contributed by atoms with van der Waals surface area (Å²) in [6.45, 7) is 2.02. The highest BCUT2D eigenvalue weighted by Crippen LogP contribution is 2.30. The van der Waals surface area contributed by atoms with Crippen LogP contribution in [0.3, 0.4) is 0 Å². The quantitative estimate of drug-likeness (QED) is 0.482. The number of nitrogens with zero attached hydrogens (tertiary/aromatic N) is 1. The van der Waals surface area contributed by atoms with Crippen LogP contribution in [-0.4, -0.2) is 67.3 Å². The number of hydrogen-bond donors (Lipinski definition) is 4. The van der Waals surface area contributed by atoms with E-state index >= 15 is 0 Å². The molecule has 0 aromatic carbocycles. The second kappa shape index (κ2) is 7.06. The van der Waals surface area contributed by atoms with Crippen LogP contribution in [-0.2, 0) is 14.3 Å². The van der Waals surface area contributed by atoms with Gasteiger partial charge in [0.15, 0.2) is 0 Å². The van der Waals surface area contributed by atoms with Crippen molar-refractivity contribution in [1.29, 1.82) is 0 Å². The van der Waals surface area contributed by atoms with E-state index in [0.29, 0.717) is 26.1 Å². The number of hydrogen-bond acceptors (Lipinski definition) is 6. The summed E-state index contributed by atoms with van der Waals surface area (Å²) in [4.78, 5) is 26.2. The minimum Gasteiger partial charge on any atom is -0.376 e. The van der Waals surface area contributed by atoms with Crippen molar-refractivity contribution < 1.29 is 19.1 Å². The summed E-state index contributed by atoms with van der Waals surface area (Å²) in [7, 11) is 0. The van der Waals surface area contributed by atoms with Crippen molar-refractivity contribution in [2.24, 2.45) is 11.7 Å². The van der Waals surface area contributed by atoms with Crippen LogP contribution in [0.2, 0.25) is 0 Å². The second-order valence-corrected chi connectivity index (χ2v) is 7.24. The molecule has 0 aromatic rings. The van der Waals surface area contributed by atoms with Crippen molar-refractivity contribution >= 4 is 11.9 Å². The first kappa shape index (κ1) is 17.0. The zero-order chi connectivity index (χ0) is 17.4. The molecule has 4 aliphatic heterocycles. The van der Waals surface area contributed by atoms with Gasteiger partial charge in [-0.15, -0.1) is 0 Å². The van der Waals surface area contributed by atoms with Gasteiger partial charge in [0.05, 0.1) is 24.2 Å². The summed E-state index contributed by atoms with van der Waals surface area (Å²) in [5.74, 6) is -0.718. The van der Waals surface area contributed by atoms with E-state index in [9.17, 15) is 9.59 Å². The van der Waals surface area contributed by atoms with Crippen LogP contribution in [0.5, 0.6) is 0 Å². The van der Waals surface area contributed by atoms with Crippen molar-refractivity contribution in [3.63, 3.8) is 0 Å². The zero-order valence-corrected chi connectivity index (χ0v) is 14.3. The normalized spacial score (nSPS) is 41.9. The maximum atomic E-state index is 12.6. The highest BCUT2D eigenvalue weighted by Gasteiger charge is 2.50. The Hall–Kier alpha value is -1.42. The topological polar surface area (TPSA) is 118 Å². The van der Waals surface area contributed by atoms with E-state index in [4.69, 9.17) is 15.2 Å². The molecule has 0 aliphatic carbocycles. The van der Waals surface area contributed by atoms with E-state index < -0.39 is 6.23 Å². The third kappa shape index (κ3) is 3.21. The molecule has 2 bridgehead atoms. The van der Waals surface area contributed by atoms with E-state index in [1.807, 2.05) is 4.90 Å². The molecular formula is C16H27N5O4. The lowest BCUT2D eigenvalue weighted by Crippen LogP contribution is -2.65. The molecule has 25 heavy (non-hydrogen) atoms. The molecule has 0 spiro atoms. The van der Waals surface area contributed by atoms with Gasteiger partial charge in [-0.1, -0.05) is 0 Å². The number of nitrogens with one attached hydrogen (secondary N) is 3. The molecule has 0 radical (unpaired) electrons. The number of carbonyl (C=O) groups is 2. The maximum absolute atomic E-state index is 12.6. The Morgan fingerprint density at radius 3 is 2.76 bits per heavy atom. The Morgan fingerprint density at radius 2 is 1.96 bits per heavy atom. The molecule has 5 N–H and O–H groups in total. The van der Waals surface area contributed by atoms with Crippen LogP contribution in [0.4, 0.5) is 4.79 Å². The number of nitrogens with two attached hydrogens (primary N) is 1. The standard InChI is InChI=1S/C16H27N5O4/c17-13(22)9-3-4-11-19-15(9)25-8-2-1-7-24-10-5-6-18-14-12(10)21(11)16(23)20-14/h9-12,14-15,18-19H,1-8H2,(H2,17,22)(H,20,23). The number of rotatable bonds is 1. The molecule has 4 aliphatic rings. The number of piperidine rings is 2. The first-order chi connectivity index (χ1) is 12.1. The fourth-order valence-corrected chi connectivity index (χ4v) is 4.44. The summed E-state index contributed by atoms with van der Waals surface area (Å²) in [6.07, 6.45) is 3.18. The first-order valence-corrected chi connectivity index (χ1v) is 9.26. The van der Waals surface area contributed by atoms with E-state index in [0.717, 1.165) is 25.8 Å². The molecule has 4 rings (SSSR count). The lowest BCUT2D eigenvalue weighted by molar-refractivity contribution is -0.135. The van der Waals surface area contributed by atoms with Crippen molar-refractivity contribution in [2.45, 2.75) is 62.8 Å². The minimum atomic E-state index is -0.446. The molecule has 6 unspecified atom stereocenters. The highest BCUT2D eigenvalue weighted by atomic mass is 16.5. The molecular weight excluding hydrogens is 326 g/mol. The van der Waals surface area contributed by atoms with Gasteiger partial charge < -0.3 is 25.4 Å². The monoisotopic (exact) mass is 353 g/mol. The Labute approximate surface area is 146 Å². The van der Waals surface area contributed by atoms with Crippen LogP contribution in [0.1, 0.15) is 32.1 Å². The number of fused-ring (bicyclic) bond motifs is 3. The van der Waals surface area contributed by atoms with Crippen LogP contribution in [0.25, 0.3) is 0 Å². The smallest absolute Gasteiger partial charge is 0.320 e. The average molecular weight is 353 g/mol. The Balaban J connectivity index is 1.60. The number of ether oxygens (including phenoxy) is 2. The van der Waals surface area contributed by atoms with E-state index in [1.54, 1.807) is 0 Å². The van der Waals surface area contributed by atoms with Gasteiger partial charge in [-0.3, -0.25) is 15.4 Å². The van der Waals surface area contributed by atoms with Gasteiger partial charge in [-0.25, -0.2) is 4.79 Å². The Kier molecular flexibility index (Phi) is 4.81. The molecule has 0 aromatic heterocycles. The Bertz CT molecular complexity index is 533. The van der Waals surface area contributed by atoms with Gasteiger partial charge in [-0.05, 0) is 38.6 Å². The predicted octanol–water partition coefficient (Wildman–Crippen LogP) is -0.968. The summed E-state index contributed by atoms with van der Waals surface area (Å²) >= 11 is 0. The van der Waals surface area contributed by atoms with Gasteiger partial charge in [0.1, 0.15) is 12.4 Å². The van der Waals surface area contributed by atoms with E-state index in [2.05, 4.69) is 16.0 Å². The SMILES string of the molecule is NC(=O)C1CCC2NC1OCCCCOC1CCNC3NC(=O)N2C31. The van der Waals surface area contributed by atoms with Gasteiger partial charge in [0, 0.05) is 13.2 Å². The summed E-state index contributed by atoms with van der Waals surface area (Å²) in [5.41, 5.74) is 5.55. The van der Waals surface area contributed by atoms with E-state index in [-0.39, 0.29) is 42.3 Å². The predicted molar refractivity (Wildman–Crippen MR) is 88.1 cm³/mol. The van der Waals surface area contributed by atoms with Crippen LogP contribution in [0, 0.1) is 5.92 Å². The fourth-order valence-electron chi connectivity index (χ4n) is 4.44. The summed E-state index contributed by atoms with van der Waals surface area (Å²) in [5, 5.41) is 9.73. The number of amides is 3. The van der Waals surface area contributed by atoms with Crippen molar-refractivity contribution in [2.75, 3.05) is 19.8 Å². The van der Waals surface area contributed by atoms with Crippen molar-refractivity contribution in [3.8, 4) is 0 Å². The van der Waals surface area contributed by atoms with Gasteiger partial charge in [0.2, 0.25) is 5.91 Å². The molecule has 140 valence electrons. The number of primary amides is 1. The molecule has 0 saturated carbocycles. The summed E-state index contributed by atoms with van der Waals surface area (Å²) < 4.78 is 12.0. The number of carbonyl (C=O) groups excluding carboxylic acids is 2. The minimum absolute atomic E-state index is 0.0136. The maximum Gasteiger partial charge on any atom is 0.320 e. The zero-order valence-electron chi connectivity index (χ0n) is 14.3. The van der Waals surface area contributed by atoms with Crippen molar-refractivity contribution in [1.82, 2.24) is 20.9 Å². The molecule has 6 atom stereocenters. The van der Waals surface area contributed by atoms with Crippen LogP contribution < -0.4 is 21.7 Å². The average Bonchev–Trinajstić information content (AvgIpc) is 2.93. The molecule has 4 saturated heterocycles. The summed E-state index contributed by atoms with van der Waals surface area (Å²) in [6, 6.07) is -0.173. The third-order valence-corrected chi connectivity index (χ3v) is 5.69. The molecule has 3 amide bonds. The van der Waals surface area contributed by atoms with Crippen molar-refractivity contribution in [3.05, 3.63) is 0 Å². The fraction of sp³-hybridized carbons (Fsp3) is 0.875. The molecule has 9 heteroatoms. The van der Waals surface area contributed by atoms with Gasteiger partial charge in [0.25, 0.3) is 0 Å². The van der Waals surface area contributed by atoms with Gasteiger partial charge in [-0.2, -0.15) is 0 Å². The van der Waals surface area contributed by atoms with Gasteiger partial charge >= 0.3 is 6.03 Å². The lowest BCUT2D eigenvalue weighted by Gasteiger charge is -2.45. The Morgan fingerprint density at radius 1 is 1.16 bits per heavy atom. The lowest BCUT2D eigenvalue weighted by atomic mass is 9.92. The molecule has 9 nitrogen and oxygen atoms in total. The van der Waals surface area contributed by atoms with Crippen LogP contribution >= 0.6 is 0 Å². The third-order valence-electron chi connectivity index (χ3n) is 5.69. The largest absolute Gasteiger partial charge is 0.376 e. The van der Waals surface area contributed by atoms with E-state index in [1.165, 1.54) is 0 Å². The van der Waals surface area contributed by atoms with Crippen LogP contribution in [0.15, 0.2) is 0 Å².